The third-order valence-corrected chi connectivity index (χ3v) is 9.40. The van der Waals surface area contributed by atoms with Crippen molar-refractivity contribution in [3.05, 3.63) is 109 Å². The molecule has 0 aromatic heterocycles. The minimum absolute atomic E-state index is 0.125. The monoisotopic (exact) mass is 817 g/mol. The molecular weight excluding hydrogens is 733 g/mol. The van der Waals surface area contributed by atoms with Gasteiger partial charge in [-0.3, -0.25) is 14.4 Å². The van der Waals surface area contributed by atoms with Gasteiger partial charge in [0.25, 0.3) is 0 Å². The highest BCUT2D eigenvalue weighted by Gasteiger charge is 2.19. The van der Waals surface area contributed by atoms with Crippen LogP contribution in [-0.4, -0.2) is 37.2 Å². The Labute approximate surface area is 361 Å². The first kappa shape index (κ1) is 55.1. The second-order valence-electron chi connectivity index (χ2n) is 15.0. The predicted octanol–water partition coefficient (Wildman–Crippen LogP) is 15.2. The molecule has 0 radical (unpaired) electrons. The highest BCUT2D eigenvalue weighted by atomic mass is 16.6. The summed E-state index contributed by atoms with van der Waals surface area (Å²) in [5.74, 6) is -1.05. The van der Waals surface area contributed by atoms with Crippen molar-refractivity contribution in [1.29, 1.82) is 0 Å². The van der Waals surface area contributed by atoms with Gasteiger partial charge in [0, 0.05) is 19.3 Å². The number of carbonyl (C=O) groups is 3. The number of esters is 3. The molecule has 332 valence electrons. The summed E-state index contributed by atoms with van der Waals surface area (Å²) in [6, 6.07) is 0. The third-order valence-electron chi connectivity index (χ3n) is 9.40. The summed E-state index contributed by atoms with van der Waals surface area (Å²) in [6.45, 7) is 6.25. The van der Waals surface area contributed by atoms with Crippen LogP contribution >= 0.6 is 0 Å². The molecule has 0 spiro atoms. The van der Waals surface area contributed by atoms with Gasteiger partial charge in [-0.25, -0.2) is 0 Å². The zero-order valence-corrected chi connectivity index (χ0v) is 37.7. The summed E-state index contributed by atoms with van der Waals surface area (Å²) >= 11 is 0. The van der Waals surface area contributed by atoms with E-state index in [4.69, 9.17) is 14.2 Å². The molecule has 0 aromatic rings. The van der Waals surface area contributed by atoms with Crippen molar-refractivity contribution in [2.75, 3.05) is 13.2 Å². The average Bonchev–Trinajstić information content (AvgIpc) is 3.23. The van der Waals surface area contributed by atoms with Gasteiger partial charge in [0.1, 0.15) is 13.2 Å². The summed E-state index contributed by atoms with van der Waals surface area (Å²) < 4.78 is 16.6. The smallest absolute Gasteiger partial charge is 0.306 e. The van der Waals surface area contributed by atoms with Crippen LogP contribution in [0.3, 0.4) is 0 Å². The molecule has 0 saturated carbocycles. The zero-order chi connectivity index (χ0) is 43.0. The van der Waals surface area contributed by atoms with Gasteiger partial charge in [0.05, 0.1) is 0 Å². The van der Waals surface area contributed by atoms with E-state index >= 15 is 0 Å². The fourth-order valence-corrected chi connectivity index (χ4v) is 5.91. The van der Waals surface area contributed by atoms with E-state index in [1.54, 1.807) is 0 Å². The van der Waals surface area contributed by atoms with Gasteiger partial charge in [0.15, 0.2) is 6.10 Å². The highest BCUT2D eigenvalue weighted by Crippen LogP contribution is 2.12. The molecule has 0 N–H and O–H groups in total. The molecule has 0 rings (SSSR count). The van der Waals surface area contributed by atoms with Crippen LogP contribution in [0, 0.1) is 0 Å². The van der Waals surface area contributed by atoms with Gasteiger partial charge < -0.3 is 14.2 Å². The Kier molecular flexibility index (Phi) is 43.6. The van der Waals surface area contributed by atoms with Crippen LogP contribution < -0.4 is 0 Å². The molecule has 0 aliphatic rings. The molecule has 0 aromatic carbocycles. The van der Waals surface area contributed by atoms with Crippen molar-refractivity contribution in [3.8, 4) is 0 Å². The SMILES string of the molecule is CC\C=C/C=C\C=C/C=C\C=C/CCCC(=O)OC(COC(=O)CCCCC/C=C\C=C/CCCCCCCCC)COC(=O)CCCCCCC/C=C\C/C=C\CC. The van der Waals surface area contributed by atoms with E-state index in [1.807, 2.05) is 54.7 Å². The maximum absolute atomic E-state index is 12.7. The van der Waals surface area contributed by atoms with Crippen LogP contribution in [-0.2, 0) is 28.6 Å². The molecule has 6 heteroatoms. The summed E-state index contributed by atoms with van der Waals surface area (Å²) in [7, 11) is 0. The summed E-state index contributed by atoms with van der Waals surface area (Å²) in [6.07, 6.45) is 62.3. The Morgan fingerprint density at radius 1 is 0.373 bits per heavy atom. The predicted molar refractivity (Wildman–Crippen MR) is 251 cm³/mol. The maximum Gasteiger partial charge on any atom is 0.306 e. The van der Waals surface area contributed by atoms with Crippen molar-refractivity contribution in [2.24, 2.45) is 0 Å². The Morgan fingerprint density at radius 3 is 1.31 bits per heavy atom. The van der Waals surface area contributed by atoms with Crippen LogP contribution in [0.1, 0.15) is 188 Å². The van der Waals surface area contributed by atoms with Crippen LogP contribution in [0.5, 0.6) is 0 Å². The molecule has 0 bridgehead atoms. The van der Waals surface area contributed by atoms with E-state index in [0.29, 0.717) is 19.3 Å². The van der Waals surface area contributed by atoms with E-state index in [1.165, 1.54) is 44.9 Å². The molecule has 6 nitrogen and oxygen atoms in total. The van der Waals surface area contributed by atoms with Gasteiger partial charge >= 0.3 is 17.9 Å². The van der Waals surface area contributed by atoms with Crippen LogP contribution in [0.25, 0.3) is 0 Å². The largest absolute Gasteiger partial charge is 0.462 e. The van der Waals surface area contributed by atoms with Gasteiger partial charge in [-0.2, -0.15) is 0 Å². The van der Waals surface area contributed by atoms with E-state index in [-0.39, 0.29) is 31.6 Å². The molecule has 1 atom stereocenters. The third kappa shape index (κ3) is 45.0. The van der Waals surface area contributed by atoms with E-state index in [2.05, 4.69) is 75.5 Å². The summed E-state index contributed by atoms with van der Waals surface area (Å²) in [5, 5.41) is 0. The van der Waals surface area contributed by atoms with Crippen molar-refractivity contribution in [3.63, 3.8) is 0 Å². The number of rotatable bonds is 40. The van der Waals surface area contributed by atoms with E-state index < -0.39 is 12.1 Å². The van der Waals surface area contributed by atoms with Gasteiger partial charge in [-0.05, 0) is 83.5 Å². The van der Waals surface area contributed by atoms with Gasteiger partial charge in [0.2, 0.25) is 0 Å². The fourth-order valence-electron chi connectivity index (χ4n) is 5.91. The summed E-state index contributed by atoms with van der Waals surface area (Å²) in [4.78, 5) is 37.8. The maximum atomic E-state index is 12.7. The molecule has 0 aliphatic heterocycles. The van der Waals surface area contributed by atoms with Crippen molar-refractivity contribution in [2.45, 2.75) is 194 Å². The molecule has 0 aliphatic carbocycles. The van der Waals surface area contributed by atoms with Gasteiger partial charge in [-0.1, -0.05) is 194 Å². The number of allylic oxidation sites excluding steroid dienone is 18. The van der Waals surface area contributed by atoms with E-state index in [9.17, 15) is 14.4 Å². The normalized spacial score (nSPS) is 13.1. The lowest BCUT2D eigenvalue weighted by Crippen LogP contribution is -2.30. The number of unbranched alkanes of at least 4 members (excludes halogenated alkanes) is 16. The zero-order valence-electron chi connectivity index (χ0n) is 37.7. The Morgan fingerprint density at radius 2 is 0.763 bits per heavy atom. The standard InChI is InChI=1S/C53H84O6/c1-4-7-10-13-16-19-22-25-26-27-29-31-34-37-40-43-46-52(55)58-49-50(48-57-51(54)45-42-39-36-33-30-24-21-18-15-12-9-6-3)59-53(56)47-44-41-38-35-32-28-23-20-17-14-11-8-5-2/h8-9,11-12,14,17-18,20-21,23,26-29,31-32,35,38,50H,4-7,10,13,15-16,19,22,24-25,30,33-34,36-37,39-49H2,1-3H3/b11-8-,12-9-,17-14-,21-18-,23-20-,27-26-,31-29-,32-28-,38-35-. The first-order chi connectivity index (χ1) is 29.0. The van der Waals surface area contributed by atoms with Crippen molar-refractivity contribution in [1.82, 2.24) is 0 Å². The Balaban J connectivity index is 4.56. The molecule has 0 amide bonds. The number of ether oxygens (including phenoxy) is 3. The minimum atomic E-state index is -0.832. The lowest BCUT2D eigenvalue weighted by Gasteiger charge is -2.18. The molecule has 0 heterocycles. The molecule has 1 unspecified atom stereocenters. The van der Waals surface area contributed by atoms with Crippen LogP contribution in [0.2, 0.25) is 0 Å². The quantitative estimate of drug-likeness (QED) is 0.0201. The Hall–Kier alpha value is -3.93. The topological polar surface area (TPSA) is 78.9 Å². The van der Waals surface area contributed by atoms with E-state index in [0.717, 1.165) is 96.3 Å². The average molecular weight is 817 g/mol. The van der Waals surface area contributed by atoms with Crippen molar-refractivity contribution >= 4 is 17.9 Å². The lowest BCUT2D eigenvalue weighted by molar-refractivity contribution is -0.167. The van der Waals surface area contributed by atoms with Crippen LogP contribution in [0.15, 0.2) is 109 Å². The van der Waals surface area contributed by atoms with Crippen LogP contribution in [0.4, 0.5) is 0 Å². The van der Waals surface area contributed by atoms with Crippen molar-refractivity contribution < 1.29 is 28.6 Å². The number of hydrogen-bond acceptors (Lipinski definition) is 6. The molecule has 0 fully saturated rings. The minimum Gasteiger partial charge on any atom is -0.462 e. The Bertz CT molecular complexity index is 1260. The lowest BCUT2D eigenvalue weighted by atomic mass is 10.1. The first-order valence-corrected chi connectivity index (χ1v) is 23.5. The molecular formula is C53H84O6. The number of carbonyl (C=O) groups excluding carboxylic acids is 3. The first-order valence-electron chi connectivity index (χ1n) is 23.5. The second kappa shape index (κ2) is 46.8. The highest BCUT2D eigenvalue weighted by molar-refractivity contribution is 5.71. The molecule has 0 saturated heterocycles. The molecule has 59 heavy (non-hydrogen) atoms. The fraction of sp³-hybridized carbons (Fsp3) is 0.604. The second-order valence-corrected chi connectivity index (χ2v) is 15.0. The summed E-state index contributed by atoms with van der Waals surface area (Å²) in [5.41, 5.74) is 0. The number of hydrogen-bond donors (Lipinski definition) is 0. The van der Waals surface area contributed by atoms with Gasteiger partial charge in [-0.15, -0.1) is 0 Å².